The summed E-state index contributed by atoms with van der Waals surface area (Å²) in [6.45, 7) is 4.79. The third-order valence-corrected chi connectivity index (χ3v) is 5.50. The fraction of sp³-hybridized carbons (Fsp3) is 0.148. The number of fused-ring (bicyclic) bond motifs is 1. The predicted octanol–water partition coefficient (Wildman–Crippen LogP) is 5.05. The summed E-state index contributed by atoms with van der Waals surface area (Å²) in [7, 11) is 0. The van der Waals surface area contributed by atoms with E-state index in [-0.39, 0.29) is 5.69 Å². The molecule has 1 aromatic heterocycles. The predicted molar refractivity (Wildman–Crippen MR) is 143 cm³/mol. The molecular weight excluding hydrogens is 496 g/mol. The molecule has 4 rings (SSSR count). The van der Waals surface area contributed by atoms with Crippen LogP contribution in [0.1, 0.15) is 24.3 Å². The highest BCUT2D eigenvalue weighted by Gasteiger charge is 2.21. The van der Waals surface area contributed by atoms with Crippen LogP contribution in [-0.4, -0.2) is 35.6 Å². The maximum atomic E-state index is 13.2. The first-order valence-electron chi connectivity index (χ1n) is 11.6. The lowest BCUT2D eigenvalue weighted by Crippen LogP contribution is -2.36. The maximum Gasteiger partial charge on any atom is 0.328 e. The number of nitrogens with one attached hydrogen (secondary N) is 3. The van der Waals surface area contributed by atoms with Gasteiger partial charge in [-0.05, 0) is 86.6 Å². The summed E-state index contributed by atoms with van der Waals surface area (Å²) < 4.78 is 12.1. The molecular formula is C27H25ClN4O5. The van der Waals surface area contributed by atoms with Crippen molar-refractivity contribution in [1.29, 1.82) is 0 Å². The SMILES string of the molecule is CCOc1ccc(NC(=O)C(=O)Nn2c(C(=O)Nc3ccc(OCC)cc3)cc3cc(Cl)ccc32)cc1. The molecule has 0 aliphatic heterocycles. The third-order valence-electron chi connectivity index (χ3n) is 5.26. The first-order valence-corrected chi connectivity index (χ1v) is 12.0. The Morgan fingerprint density at radius 3 is 1.89 bits per heavy atom. The van der Waals surface area contributed by atoms with Gasteiger partial charge in [0.1, 0.15) is 17.2 Å². The second-order valence-corrected chi connectivity index (χ2v) is 8.27. The highest BCUT2D eigenvalue weighted by atomic mass is 35.5. The van der Waals surface area contributed by atoms with Gasteiger partial charge in [0.15, 0.2) is 0 Å². The number of anilines is 2. The lowest BCUT2D eigenvalue weighted by molar-refractivity contribution is -0.133. The van der Waals surface area contributed by atoms with E-state index in [1.807, 2.05) is 13.8 Å². The number of aromatic nitrogens is 1. The second-order valence-electron chi connectivity index (χ2n) is 7.83. The molecule has 3 aromatic carbocycles. The quantitative estimate of drug-likeness (QED) is 0.281. The Bertz CT molecular complexity index is 1430. The van der Waals surface area contributed by atoms with Crippen LogP contribution in [-0.2, 0) is 9.59 Å². The van der Waals surface area contributed by atoms with Gasteiger partial charge in [0.2, 0.25) is 0 Å². The van der Waals surface area contributed by atoms with Crippen LogP contribution in [0.3, 0.4) is 0 Å². The van der Waals surface area contributed by atoms with Gasteiger partial charge in [-0.1, -0.05) is 11.6 Å². The van der Waals surface area contributed by atoms with E-state index in [0.717, 1.165) is 0 Å². The molecule has 4 aromatic rings. The molecule has 0 bridgehead atoms. The molecule has 3 N–H and O–H groups in total. The van der Waals surface area contributed by atoms with E-state index >= 15 is 0 Å². The van der Waals surface area contributed by atoms with E-state index < -0.39 is 17.7 Å². The van der Waals surface area contributed by atoms with E-state index in [9.17, 15) is 14.4 Å². The minimum atomic E-state index is -0.962. The first-order chi connectivity index (χ1) is 17.9. The molecule has 9 nitrogen and oxygen atoms in total. The molecule has 0 aliphatic rings. The van der Waals surface area contributed by atoms with E-state index in [2.05, 4.69) is 16.1 Å². The van der Waals surface area contributed by atoms with Gasteiger partial charge in [-0.25, -0.2) is 4.68 Å². The molecule has 0 spiro atoms. The molecule has 0 saturated heterocycles. The van der Waals surface area contributed by atoms with Crippen molar-refractivity contribution in [2.45, 2.75) is 13.8 Å². The lowest BCUT2D eigenvalue weighted by Gasteiger charge is -2.13. The summed E-state index contributed by atoms with van der Waals surface area (Å²) >= 11 is 6.13. The zero-order chi connectivity index (χ0) is 26.4. The molecule has 0 aliphatic carbocycles. The number of rotatable bonds is 8. The molecule has 0 atom stereocenters. The number of benzene rings is 3. The average Bonchev–Trinajstić information content (AvgIpc) is 3.24. The zero-order valence-electron chi connectivity index (χ0n) is 20.2. The molecule has 190 valence electrons. The van der Waals surface area contributed by atoms with E-state index in [1.54, 1.807) is 72.8 Å². The Morgan fingerprint density at radius 2 is 1.32 bits per heavy atom. The third kappa shape index (κ3) is 6.20. The van der Waals surface area contributed by atoms with Crippen molar-refractivity contribution in [2.75, 3.05) is 29.3 Å². The Morgan fingerprint density at radius 1 is 0.757 bits per heavy atom. The number of hydrogen-bond acceptors (Lipinski definition) is 5. The highest BCUT2D eigenvalue weighted by molar-refractivity contribution is 6.42. The van der Waals surface area contributed by atoms with Crippen LogP contribution in [0.5, 0.6) is 11.5 Å². The van der Waals surface area contributed by atoms with Crippen LogP contribution in [0.4, 0.5) is 11.4 Å². The number of carbonyl (C=O) groups excluding carboxylic acids is 3. The van der Waals surface area contributed by atoms with E-state index in [1.165, 1.54) is 4.68 Å². The minimum Gasteiger partial charge on any atom is -0.494 e. The van der Waals surface area contributed by atoms with Gasteiger partial charge >= 0.3 is 11.8 Å². The van der Waals surface area contributed by atoms with Crippen molar-refractivity contribution in [3.63, 3.8) is 0 Å². The molecule has 10 heteroatoms. The van der Waals surface area contributed by atoms with Crippen LogP contribution in [0.25, 0.3) is 10.9 Å². The molecule has 0 unspecified atom stereocenters. The normalized spacial score (nSPS) is 10.6. The summed E-state index contributed by atoms with van der Waals surface area (Å²) in [4.78, 5) is 38.5. The van der Waals surface area contributed by atoms with Crippen LogP contribution in [0.2, 0.25) is 5.02 Å². The van der Waals surface area contributed by atoms with Gasteiger partial charge < -0.3 is 20.1 Å². The number of hydrogen-bond donors (Lipinski definition) is 3. The number of nitrogens with zero attached hydrogens (tertiary/aromatic N) is 1. The Kier molecular flexibility index (Phi) is 7.95. The van der Waals surface area contributed by atoms with Crippen molar-refractivity contribution >= 4 is 51.6 Å². The fourth-order valence-corrected chi connectivity index (χ4v) is 3.79. The summed E-state index contributed by atoms with van der Waals surface area (Å²) in [6.07, 6.45) is 0. The molecule has 0 radical (unpaired) electrons. The van der Waals surface area contributed by atoms with Gasteiger partial charge in [0, 0.05) is 21.8 Å². The average molecular weight is 521 g/mol. The molecule has 0 fully saturated rings. The van der Waals surface area contributed by atoms with Crippen LogP contribution in [0, 0.1) is 0 Å². The molecule has 0 saturated carbocycles. The zero-order valence-corrected chi connectivity index (χ0v) is 21.0. The van der Waals surface area contributed by atoms with Crippen LogP contribution >= 0.6 is 11.6 Å². The minimum absolute atomic E-state index is 0.105. The van der Waals surface area contributed by atoms with Gasteiger partial charge in [-0.15, -0.1) is 0 Å². The van der Waals surface area contributed by atoms with Gasteiger partial charge in [-0.3, -0.25) is 19.8 Å². The van der Waals surface area contributed by atoms with Gasteiger partial charge in [0.05, 0.1) is 18.7 Å². The van der Waals surface area contributed by atoms with Crippen molar-refractivity contribution < 1.29 is 23.9 Å². The molecule has 3 amide bonds. The lowest BCUT2D eigenvalue weighted by atomic mass is 10.2. The molecule has 1 heterocycles. The highest BCUT2D eigenvalue weighted by Crippen LogP contribution is 2.24. The standard InChI is InChI=1S/C27H25ClN4O5/c1-3-36-21-10-6-19(7-11-21)29-25(33)24-16-17-15-18(28)5-14-23(17)32(24)31-27(35)26(34)30-20-8-12-22(13-9-20)37-4-2/h5-16H,3-4H2,1-2H3,(H,29,33)(H,30,34)(H,31,35). The Balaban J connectivity index is 1.55. The summed E-state index contributed by atoms with van der Waals surface area (Å²) in [6, 6.07) is 20.0. The van der Waals surface area contributed by atoms with Crippen molar-refractivity contribution in [3.8, 4) is 11.5 Å². The monoisotopic (exact) mass is 520 g/mol. The molecule has 37 heavy (non-hydrogen) atoms. The topological polar surface area (TPSA) is 111 Å². The van der Waals surface area contributed by atoms with Gasteiger partial charge in [-0.2, -0.15) is 0 Å². The second kappa shape index (κ2) is 11.5. The Labute approximate surface area is 218 Å². The first kappa shape index (κ1) is 25.6. The maximum absolute atomic E-state index is 13.2. The largest absolute Gasteiger partial charge is 0.494 e. The van der Waals surface area contributed by atoms with Crippen LogP contribution in [0.15, 0.2) is 72.8 Å². The number of carbonyl (C=O) groups is 3. The van der Waals surface area contributed by atoms with Crippen LogP contribution < -0.4 is 25.5 Å². The number of halogens is 1. The van der Waals surface area contributed by atoms with Crippen molar-refractivity contribution in [2.24, 2.45) is 0 Å². The number of ether oxygens (including phenoxy) is 2. The van der Waals surface area contributed by atoms with E-state index in [4.69, 9.17) is 21.1 Å². The Hall–Kier alpha value is -4.50. The summed E-state index contributed by atoms with van der Waals surface area (Å²) in [5.74, 6) is -1.04. The van der Waals surface area contributed by atoms with E-state index in [0.29, 0.717) is 52.0 Å². The number of amides is 3. The smallest absolute Gasteiger partial charge is 0.328 e. The van der Waals surface area contributed by atoms with Gasteiger partial charge in [0.25, 0.3) is 5.91 Å². The van der Waals surface area contributed by atoms with Crippen molar-refractivity contribution in [3.05, 3.63) is 83.5 Å². The summed E-state index contributed by atoms with van der Waals surface area (Å²) in [5.41, 5.74) is 4.06. The summed E-state index contributed by atoms with van der Waals surface area (Å²) in [5, 5.41) is 6.39. The van der Waals surface area contributed by atoms with Crippen molar-refractivity contribution in [1.82, 2.24) is 4.68 Å². The fourth-order valence-electron chi connectivity index (χ4n) is 3.61.